The van der Waals surface area contributed by atoms with Crippen molar-refractivity contribution in [3.8, 4) is 11.5 Å². The second kappa shape index (κ2) is 10.4. The molecule has 0 saturated heterocycles. The Morgan fingerprint density at radius 1 is 0.781 bits per heavy atom. The molecule has 0 aliphatic carbocycles. The van der Waals surface area contributed by atoms with Crippen LogP contribution in [0.15, 0.2) is 84.0 Å². The number of aliphatic imine (C=N–C) groups is 1. The van der Waals surface area contributed by atoms with Crippen LogP contribution in [0, 0.1) is 0 Å². The Kier molecular flexibility index (Phi) is 6.93. The van der Waals surface area contributed by atoms with Crippen LogP contribution in [0.1, 0.15) is 30.5 Å². The van der Waals surface area contributed by atoms with E-state index in [1.807, 2.05) is 80.9 Å². The van der Waals surface area contributed by atoms with Crippen molar-refractivity contribution in [3.05, 3.63) is 95.7 Å². The summed E-state index contributed by atoms with van der Waals surface area (Å²) in [6, 6.07) is 24.2. The zero-order valence-corrected chi connectivity index (χ0v) is 18.4. The first-order valence-electron chi connectivity index (χ1n) is 10.8. The molecular weight excluding hydrogens is 396 g/mol. The molecule has 0 spiro atoms. The standard InChI is InChI=1S/C28H26N2O2/c1-3-31-27-16-12-22(19-28(27)32-4-2)20-30-24-14-10-21(11-15-24)9-13-23-17-18-29-26-8-6-5-7-25(23)26/h5-20H,3-4H2,1-2H3/b13-9+,30-20?. The molecule has 0 radical (unpaired) electrons. The van der Waals surface area contributed by atoms with Gasteiger partial charge >= 0.3 is 0 Å². The minimum absolute atomic E-state index is 0.588. The molecule has 0 aliphatic rings. The van der Waals surface area contributed by atoms with Gasteiger partial charge in [0.25, 0.3) is 0 Å². The Morgan fingerprint density at radius 3 is 2.34 bits per heavy atom. The van der Waals surface area contributed by atoms with E-state index in [1.165, 1.54) is 0 Å². The lowest BCUT2D eigenvalue weighted by atomic mass is 10.1. The summed E-state index contributed by atoms with van der Waals surface area (Å²) in [7, 11) is 0. The highest BCUT2D eigenvalue weighted by atomic mass is 16.5. The van der Waals surface area contributed by atoms with E-state index in [1.54, 1.807) is 0 Å². The van der Waals surface area contributed by atoms with E-state index < -0.39 is 0 Å². The summed E-state index contributed by atoms with van der Waals surface area (Å²) in [6.45, 7) is 5.11. The Balaban J connectivity index is 1.47. The van der Waals surface area contributed by atoms with Gasteiger partial charge < -0.3 is 9.47 Å². The molecule has 0 amide bonds. The van der Waals surface area contributed by atoms with Crippen molar-refractivity contribution in [1.82, 2.24) is 4.98 Å². The Morgan fingerprint density at radius 2 is 1.53 bits per heavy atom. The zero-order chi connectivity index (χ0) is 22.2. The number of hydrogen-bond acceptors (Lipinski definition) is 4. The first-order chi connectivity index (χ1) is 15.8. The van der Waals surface area contributed by atoms with Crippen LogP contribution < -0.4 is 9.47 Å². The van der Waals surface area contributed by atoms with Crippen molar-refractivity contribution in [2.45, 2.75) is 13.8 Å². The molecule has 3 aromatic carbocycles. The third-order valence-corrected chi connectivity index (χ3v) is 4.96. The van der Waals surface area contributed by atoms with E-state index in [0.717, 1.165) is 44.8 Å². The van der Waals surface area contributed by atoms with E-state index in [9.17, 15) is 0 Å². The van der Waals surface area contributed by atoms with E-state index in [4.69, 9.17) is 9.47 Å². The van der Waals surface area contributed by atoms with Gasteiger partial charge in [-0.15, -0.1) is 0 Å². The molecule has 4 nitrogen and oxygen atoms in total. The number of para-hydroxylation sites is 1. The molecule has 1 aromatic heterocycles. The molecule has 0 aliphatic heterocycles. The van der Waals surface area contributed by atoms with Crippen LogP contribution in [-0.2, 0) is 0 Å². The van der Waals surface area contributed by atoms with Crippen LogP contribution in [-0.4, -0.2) is 24.4 Å². The van der Waals surface area contributed by atoms with Gasteiger partial charge in [-0.2, -0.15) is 0 Å². The van der Waals surface area contributed by atoms with Crippen LogP contribution in [0.2, 0.25) is 0 Å². The second-order valence-corrected chi connectivity index (χ2v) is 7.17. The fourth-order valence-electron chi connectivity index (χ4n) is 3.42. The third-order valence-electron chi connectivity index (χ3n) is 4.96. The molecule has 0 saturated carbocycles. The fourth-order valence-corrected chi connectivity index (χ4v) is 3.42. The van der Waals surface area contributed by atoms with Gasteiger partial charge in [-0.1, -0.05) is 42.5 Å². The zero-order valence-electron chi connectivity index (χ0n) is 18.4. The monoisotopic (exact) mass is 422 g/mol. The second-order valence-electron chi connectivity index (χ2n) is 7.17. The maximum Gasteiger partial charge on any atom is 0.161 e. The molecular formula is C28H26N2O2. The van der Waals surface area contributed by atoms with Gasteiger partial charge in [0.2, 0.25) is 0 Å². The van der Waals surface area contributed by atoms with E-state index in [-0.39, 0.29) is 0 Å². The van der Waals surface area contributed by atoms with Gasteiger partial charge in [-0.25, -0.2) is 0 Å². The highest BCUT2D eigenvalue weighted by Crippen LogP contribution is 2.28. The predicted octanol–water partition coefficient (Wildman–Crippen LogP) is 6.95. The topological polar surface area (TPSA) is 43.7 Å². The number of ether oxygens (including phenoxy) is 2. The van der Waals surface area contributed by atoms with E-state index >= 15 is 0 Å². The van der Waals surface area contributed by atoms with Crippen LogP contribution in [0.5, 0.6) is 11.5 Å². The number of aromatic nitrogens is 1. The summed E-state index contributed by atoms with van der Waals surface area (Å²) in [5.74, 6) is 1.49. The summed E-state index contributed by atoms with van der Waals surface area (Å²) >= 11 is 0. The highest BCUT2D eigenvalue weighted by Gasteiger charge is 2.05. The van der Waals surface area contributed by atoms with Gasteiger partial charge in [0.15, 0.2) is 11.5 Å². The molecule has 0 bridgehead atoms. The highest BCUT2D eigenvalue weighted by molar-refractivity contribution is 5.90. The van der Waals surface area contributed by atoms with Gasteiger partial charge in [-0.05, 0) is 73.0 Å². The molecule has 4 rings (SSSR count). The fraction of sp³-hybridized carbons (Fsp3) is 0.143. The number of pyridine rings is 1. The maximum absolute atomic E-state index is 5.69. The van der Waals surface area contributed by atoms with Crippen LogP contribution in [0.25, 0.3) is 23.1 Å². The van der Waals surface area contributed by atoms with Gasteiger partial charge in [-0.3, -0.25) is 9.98 Å². The van der Waals surface area contributed by atoms with Crippen LogP contribution in [0.3, 0.4) is 0 Å². The first kappa shape index (κ1) is 21.3. The van der Waals surface area contributed by atoms with Crippen molar-refractivity contribution in [1.29, 1.82) is 0 Å². The molecule has 160 valence electrons. The van der Waals surface area contributed by atoms with E-state index in [2.05, 4.69) is 40.3 Å². The summed E-state index contributed by atoms with van der Waals surface area (Å²) in [5, 5.41) is 1.15. The molecule has 0 atom stereocenters. The molecule has 0 fully saturated rings. The van der Waals surface area contributed by atoms with Crippen molar-refractivity contribution >= 4 is 35.0 Å². The summed E-state index contributed by atoms with van der Waals surface area (Å²) in [5.41, 5.74) is 5.12. The van der Waals surface area contributed by atoms with Crippen molar-refractivity contribution in [2.75, 3.05) is 13.2 Å². The molecule has 4 heteroatoms. The molecule has 0 unspecified atom stereocenters. The molecule has 0 N–H and O–H groups in total. The van der Waals surface area contributed by atoms with E-state index in [0.29, 0.717) is 13.2 Å². The van der Waals surface area contributed by atoms with Crippen molar-refractivity contribution < 1.29 is 9.47 Å². The lowest BCUT2D eigenvalue weighted by Gasteiger charge is -2.11. The largest absolute Gasteiger partial charge is 0.490 e. The van der Waals surface area contributed by atoms with Gasteiger partial charge in [0.1, 0.15) is 0 Å². The minimum Gasteiger partial charge on any atom is -0.490 e. The normalized spacial score (nSPS) is 11.4. The lowest BCUT2D eigenvalue weighted by Crippen LogP contribution is -1.99. The molecule has 32 heavy (non-hydrogen) atoms. The van der Waals surface area contributed by atoms with Crippen LogP contribution >= 0.6 is 0 Å². The summed E-state index contributed by atoms with van der Waals surface area (Å²) in [4.78, 5) is 9.02. The molecule has 1 heterocycles. The Bertz CT molecular complexity index is 1240. The quantitative estimate of drug-likeness (QED) is 0.289. The van der Waals surface area contributed by atoms with Crippen LogP contribution in [0.4, 0.5) is 5.69 Å². The maximum atomic E-state index is 5.69. The van der Waals surface area contributed by atoms with Gasteiger partial charge in [0, 0.05) is 17.8 Å². The number of hydrogen-bond donors (Lipinski definition) is 0. The number of fused-ring (bicyclic) bond motifs is 1. The number of rotatable bonds is 8. The third kappa shape index (κ3) is 5.22. The van der Waals surface area contributed by atoms with Crippen molar-refractivity contribution in [3.63, 3.8) is 0 Å². The Labute approximate surface area is 188 Å². The summed E-state index contributed by atoms with van der Waals surface area (Å²) in [6.07, 6.45) is 7.91. The average molecular weight is 423 g/mol. The SMILES string of the molecule is CCOc1ccc(C=Nc2ccc(/C=C/c3ccnc4ccccc34)cc2)cc1OCC. The minimum atomic E-state index is 0.588. The number of nitrogens with zero attached hydrogens (tertiary/aromatic N) is 2. The molecule has 4 aromatic rings. The van der Waals surface area contributed by atoms with Gasteiger partial charge in [0.05, 0.1) is 24.4 Å². The lowest BCUT2D eigenvalue weighted by molar-refractivity contribution is 0.288. The Hall–Kier alpha value is -3.92. The smallest absolute Gasteiger partial charge is 0.161 e. The first-order valence-corrected chi connectivity index (χ1v) is 10.8. The number of benzene rings is 3. The predicted molar refractivity (Wildman–Crippen MR) is 133 cm³/mol. The average Bonchev–Trinajstić information content (AvgIpc) is 2.84. The summed E-state index contributed by atoms with van der Waals surface area (Å²) < 4.78 is 11.3. The van der Waals surface area contributed by atoms with Crippen molar-refractivity contribution in [2.24, 2.45) is 4.99 Å².